The zero-order valence-electron chi connectivity index (χ0n) is 19.8. The normalized spacial score (nSPS) is 29.8. The molecule has 35 heavy (non-hydrogen) atoms. The molecule has 4 heterocycles. The molecule has 4 atom stereocenters. The predicted octanol–water partition coefficient (Wildman–Crippen LogP) is 2.04. The molecule has 1 aliphatic carbocycles. The van der Waals surface area contributed by atoms with Crippen LogP contribution in [0, 0.1) is 0 Å². The summed E-state index contributed by atoms with van der Waals surface area (Å²) in [6.07, 6.45) is 5.80. The molecular weight excluding hydrogens is 466 g/mol. The van der Waals surface area contributed by atoms with Crippen LogP contribution in [-0.2, 0) is 16.6 Å². The van der Waals surface area contributed by atoms with Gasteiger partial charge in [-0.25, -0.2) is 0 Å². The van der Waals surface area contributed by atoms with Crippen molar-refractivity contribution in [3.8, 4) is 0 Å². The number of piperazine rings is 1. The molecule has 2 aromatic rings. The Labute approximate surface area is 206 Å². The summed E-state index contributed by atoms with van der Waals surface area (Å²) in [4.78, 5) is 12.8. The molecule has 4 fully saturated rings. The maximum atomic E-state index is 13.9. The number of amides is 1. The first-order valence-electron chi connectivity index (χ1n) is 12.8. The van der Waals surface area contributed by atoms with Gasteiger partial charge in [0.15, 0.2) is 5.69 Å². The van der Waals surface area contributed by atoms with Gasteiger partial charge in [0, 0.05) is 55.8 Å². The highest BCUT2D eigenvalue weighted by molar-refractivity contribution is 7.86. The van der Waals surface area contributed by atoms with Crippen LogP contribution >= 0.6 is 0 Å². The van der Waals surface area contributed by atoms with E-state index in [0.717, 1.165) is 37.0 Å². The quantitative estimate of drug-likeness (QED) is 0.604. The van der Waals surface area contributed by atoms with Crippen LogP contribution in [0.3, 0.4) is 0 Å². The van der Waals surface area contributed by atoms with Crippen LogP contribution in [0.5, 0.6) is 0 Å². The number of fused-ring (bicyclic) bond motifs is 2. The number of piperidine rings is 1. The summed E-state index contributed by atoms with van der Waals surface area (Å²) in [7, 11) is -3.61. The highest BCUT2D eigenvalue weighted by atomic mass is 32.2. The van der Waals surface area contributed by atoms with E-state index in [9.17, 15) is 13.2 Å². The smallest absolute Gasteiger partial charge is 0.282 e. The minimum absolute atomic E-state index is 0.0596. The predicted molar refractivity (Wildman–Crippen MR) is 130 cm³/mol. The van der Waals surface area contributed by atoms with E-state index in [-0.39, 0.29) is 30.1 Å². The van der Waals surface area contributed by atoms with Crippen LogP contribution in [0.4, 0.5) is 0 Å². The van der Waals surface area contributed by atoms with E-state index in [1.807, 2.05) is 18.2 Å². The minimum Gasteiger partial charge on any atom is -0.360 e. The van der Waals surface area contributed by atoms with Crippen LogP contribution in [-0.4, -0.2) is 71.9 Å². The van der Waals surface area contributed by atoms with E-state index in [2.05, 4.69) is 27.9 Å². The first-order valence-corrected chi connectivity index (χ1v) is 14.2. The Morgan fingerprint density at radius 3 is 2.57 bits per heavy atom. The lowest BCUT2D eigenvalue weighted by atomic mass is 9.99. The van der Waals surface area contributed by atoms with Crippen molar-refractivity contribution in [1.29, 1.82) is 0 Å². The summed E-state index contributed by atoms with van der Waals surface area (Å²) < 4.78 is 36.7. The van der Waals surface area contributed by atoms with Crippen LogP contribution in [0.1, 0.15) is 66.3 Å². The molecule has 3 saturated heterocycles. The Kier molecular flexibility index (Phi) is 6.16. The van der Waals surface area contributed by atoms with Crippen LogP contribution in [0.2, 0.25) is 0 Å². The molecule has 0 radical (unpaired) electrons. The maximum Gasteiger partial charge on any atom is 0.282 e. The molecule has 188 valence electrons. The average molecular weight is 500 g/mol. The molecule has 2 bridgehead atoms. The average Bonchev–Trinajstić information content (AvgIpc) is 3.51. The van der Waals surface area contributed by atoms with Gasteiger partial charge in [0.1, 0.15) is 5.76 Å². The van der Waals surface area contributed by atoms with Crippen molar-refractivity contribution in [3.63, 3.8) is 0 Å². The molecule has 10 heteroatoms. The molecule has 2 N–H and O–H groups in total. The monoisotopic (exact) mass is 499 g/mol. The molecule has 6 rings (SSSR count). The number of carbonyl (C=O) groups is 1. The summed E-state index contributed by atoms with van der Waals surface area (Å²) in [6.45, 7) is 1.79. The van der Waals surface area contributed by atoms with E-state index in [0.29, 0.717) is 50.5 Å². The van der Waals surface area contributed by atoms with Crippen molar-refractivity contribution in [1.82, 2.24) is 24.4 Å². The maximum absolute atomic E-state index is 13.9. The van der Waals surface area contributed by atoms with Gasteiger partial charge in [0.2, 0.25) is 0 Å². The number of benzene rings is 1. The Bertz CT molecular complexity index is 1150. The number of hydrogen-bond acceptors (Lipinski definition) is 6. The highest BCUT2D eigenvalue weighted by Crippen LogP contribution is 2.41. The second-order valence-corrected chi connectivity index (χ2v) is 12.2. The van der Waals surface area contributed by atoms with Gasteiger partial charge in [0.05, 0.1) is 0 Å². The molecule has 2 unspecified atom stereocenters. The Morgan fingerprint density at radius 1 is 1.11 bits per heavy atom. The van der Waals surface area contributed by atoms with Gasteiger partial charge in [-0.05, 0) is 50.5 Å². The summed E-state index contributed by atoms with van der Waals surface area (Å²) in [5.74, 6) is 0.965. The van der Waals surface area contributed by atoms with Gasteiger partial charge in [-0.2, -0.15) is 17.0 Å². The van der Waals surface area contributed by atoms with Crippen molar-refractivity contribution in [2.45, 2.75) is 75.0 Å². The number of aromatic nitrogens is 1. The SMILES string of the molecule is O=C(NC1C[C@H]2CC[C@@H](C1)N2S(=O)(=O)N1CCNCC1Cc1ccccc1)c1cc(C2CC2)on1. The van der Waals surface area contributed by atoms with Crippen molar-refractivity contribution in [2.75, 3.05) is 19.6 Å². The van der Waals surface area contributed by atoms with Gasteiger partial charge in [-0.15, -0.1) is 0 Å². The lowest BCUT2D eigenvalue weighted by molar-refractivity contribution is 0.0896. The summed E-state index contributed by atoms with van der Waals surface area (Å²) in [5.41, 5.74) is 1.46. The minimum atomic E-state index is -3.61. The van der Waals surface area contributed by atoms with Crippen LogP contribution < -0.4 is 10.6 Å². The third-order valence-corrected chi connectivity index (χ3v) is 10.1. The first kappa shape index (κ1) is 23.1. The van der Waals surface area contributed by atoms with E-state index in [4.69, 9.17) is 4.52 Å². The molecule has 1 amide bonds. The van der Waals surface area contributed by atoms with E-state index in [1.165, 1.54) is 0 Å². The Hall–Kier alpha value is -2.27. The molecule has 3 aliphatic heterocycles. The van der Waals surface area contributed by atoms with E-state index < -0.39 is 10.2 Å². The fourth-order valence-electron chi connectivity index (χ4n) is 6.07. The Morgan fingerprint density at radius 2 is 1.86 bits per heavy atom. The third-order valence-electron chi connectivity index (χ3n) is 7.92. The fourth-order valence-corrected chi connectivity index (χ4v) is 8.30. The lowest BCUT2D eigenvalue weighted by Crippen LogP contribution is -2.61. The standard InChI is InChI=1S/C25H33N5O4S/c31-25(23-15-24(34-28-23)18-6-7-18)27-19-13-20-8-9-21(14-19)30(20)35(32,33)29-11-10-26-16-22(29)12-17-4-2-1-3-5-17/h1-5,15,18-22,26H,6-14,16H2,(H,27,31)/t19?,20-,21+,22?. The number of rotatable bonds is 7. The van der Waals surface area contributed by atoms with Crippen molar-refractivity contribution >= 4 is 16.1 Å². The second kappa shape index (κ2) is 9.31. The highest BCUT2D eigenvalue weighted by Gasteiger charge is 2.50. The summed E-state index contributed by atoms with van der Waals surface area (Å²) in [6, 6.07) is 11.5. The molecule has 1 aromatic carbocycles. The fraction of sp³-hybridized carbons (Fsp3) is 0.600. The van der Waals surface area contributed by atoms with Gasteiger partial charge in [0.25, 0.3) is 16.1 Å². The second-order valence-electron chi connectivity index (χ2n) is 10.4. The molecule has 9 nitrogen and oxygen atoms in total. The van der Waals surface area contributed by atoms with Crippen molar-refractivity contribution in [2.24, 2.45) is 0 Å². The molecule has 1 saturated carbocycles. The summed E-state index contributed by atoms with van der Waals surface area (Å²) >= 11 is 0. The largest absolute Gasteiger partial charge is 0.360 e. The first-order chi connectivity index (χ1) is 17.0. The van der Waals surface area contributed by atoms with E-state index in [1.54, 1.807) is 14.7 Å². The molecule has 0 spiro atoms. The number of carbonyl (C=O) groups excluding carboxylic acids is 1. The van der Waals surface area contributed by atoms with Gasteiger partial charge in [-0.1, -0.05) is 35.5 Å². The number of nitrogens with one attached hydrogen (secondary N) is 2. The molecular formula is C25H33N5O4S. The van der Waals surface area contributed by atoms with Crippen molar-refractivity contribution < 1.29 is 17.7 Å². The third kappa shape index (κ3) is 4.64. The van der Waals surface area contributed by atoms with Gasteiger partial charge < -0.3 is 15.2 Å². The number of nitrogens with zero attached hydrogens (tertiary/aromatic N) is 3. The van der Waals surface area contributed by atoms with E-state index >= 15 is 0 Å². The zero-order chi connectivity index (χ0) is 24.0. The number of hydrogen-bond donors (Lipinski definition) is 2. The van der Waals surface area contributed by atoms with Crippen LogP contribution in [0.25, 0.3) is 0 Å². The van der Waals surface area contributed by atoms with Gasteiger partial charge >= 0.3 is 0 Å². The zero-order valence-corrected chi connectivity index (χ0v) is 20.6. The topological polar surface area (TPSA) is 108 Å². The Balaban J connectivity index is 1.13. The lowest BCUT2D eigenvalue weighted by Gasteiger charge is -2.43. The molecule has 4 aliphatic rings. The molecule has 1 aromatic heterocycles. The van der Waals surface area contributed by atoms with Gasteiger partial charge in [-0.3, -0.25) is 4.79 Å². The summed E-state index contributed by atoms with van der Waals surface area (Å²) in [5, 5.41) is 10.4. The van der Waals surface area contributed by atoms with Crippen molar-refractivity contribution in [3.05, 3.63) is 53.4 Å². The van der Waals surface area contributed by atoms with Crippen LogP contribution in [0.15, 0.2) is 40.9 Å².